The van der Waals surface area contributed by atoms with Crippen LogP contribution in [0.2, 0.25) is 0 Å². The number of amides is 1. The molecule has 4 bridgehead atoms. The Morgan fingerprint density at radius 2 is 2.20 bits per heavy atom. The van der Waals surface area contributed by atoms with Crippen LogP contribution in [-0.4, -0.2) is 58.0 Å². The standard InChI is InChI=1S/C19H24N4O2/c24-19(21-25)14-6-13-2-4-22(11-18(13)20-7-14)8-12-1-3-23-9-16-15(5-12)17(16)10-23/h3,6-7,12,15-17H,1-2,4-5,8-11H2,(H-,21,24,25)/p+1/t12-,15?,16+,17?/m0/s1. The van der Waals surface area contributed by atoms with Gasteiger partial charge in [0.1, 0.15) is 19.3 Å². The van der Waals surface area contributed by atoms with Crippen LogP contribution < -0.4 is 5.48 Å². The number of fused-ring (bicyclic) bond motifs is 4. The quantitative estimate of drug-likeness (QED) is 0.488. The average Bonchev–Trinajstić information content (AvgIpc) is 3.05. The van der Waals surface area contributed by atoms with Gasteiger partial charge in [-0.3, -0.25) is 19.9 Å². The Bertz CT molecular complexity index is 733. The van der Waals surface area contributed by atoms with Gasteiger partial charge in [0, 0.05) is 44.1 Å². The molecule has 1 saturated heterocycles. The molecular formula is C19H25N4O2+. The van der Waals surface area contributed by atoms with Gasteiger partial charge in [0.25, 0.3) is 5.91 Å². The molecule has 0 radical (unpaired) electrons. The van der Waals surface area contributed by atoms with Crippen molar-refractivity contribution in [3.63, 3.8) is 0 Å². The van der Waals surface area contributed by atoms with E-state index in [0.29, 0.717) is 5.56 Å². The van der Waals surface area contributed by atoms with Crippen molar-refractivity contribution < 1.29 is 14.6 Å². The number of carbonyl (C=O) groups is 1. The molecule has 1 aromatic heterocycles. The number of hydrogen-bond donors (Lipinski definition) is 2. The molecule has 6 rings (SSSR count). The maximum Gasteiger partial charge on any atom is 0.276 e. The Morgan fingerprint density at radius 3 is 3.00 bits per heavy atom. The van der Waals surface area contributed by atoms with Gasteiger partial charge in [-0.1, -0.05) is 0 Å². The first-order valence-electron chi connectivity index (χ1n) is 9.43. The number of nitrogens with one attached hydrogen (secondary N) is 1. The molecule has 1 aliphatic carbocycles. The average molecular weight is 341 g/mol. The second-order valence-electron chi connectivity index (χ2n) is 8.22. The predicted molar refractivity (Wildman–Crippen MR) is 91.7 cm³/mol. The molecule has 1 aromatic rings. The van der Waals surface area contributed by atoms with Crippen molar-refractivity contribution in [2.24, 2.45) is 23.7 Å². The van der Waals surface area contributed by atoms with Gasteiger partial charge < -0.3 is 0 Å². The van der Waals surface area contributed by atoms with Crippen molar-refractivity contribution in [1.29, 1.82) is 0 Å². The van der Waals surface area contributed by atoms with Crippen molar-refractivity contribution in [2.75, 3.05) is 26.2 Å². The summed E-state index contributed by atoms with van der Waals surface area (Å²) in [5.74, 6) is 3.24. The van der Waals surface area contributed by atoms with Crippen molar-refractivity contribution >= 4 is 12.1 Å². The molecule has 4 atom stereocenters. The summed E-state index contributed by atoms with van der Waals surface area (Å²) in [4.78, 5) is 18.5. The fourth-order valence-electron chi connectivity index (χ4n) is 5.29. The van der Waals surface area contributed by atoms with E-state index in [1.807, 2.05) is 6.07 Å². The first-order chi connectivity index (χ1) is 12.2. The minimum absolute atomic E-state index is 0.428. The molecule has 2 N–H and O–H groups in total. The summed E-state index contributed by atoms with van der Waals surface area (Å²) in [6.45, 7) is 5.67. The van der Waals surface area contributed by atoms with Crippen LogP contribution in [-0.2, 0) is 13.0 Å². The lowest BCUT2D eigenvalue weighted by Gasteiger charge is -2.31. The van der Waals surface area contributed by atoms with E-state index in [4.69, 9.17) is 5.21 Å². The summed E-state index contributed by atoms with van der Waals surface area (Å²) < 4.78 is 2.55. The number of rotatable bonds is 3. The number of pyridine rings is 1. The second-order valence-corrected chi connectivity index (χ2v) is 8.22. The molecule has 6 nitrogen and oxygen atoms in total. The van der Waals surface area contributed by atoms with Crippen LogP contribution in [0.3, 0.4) is 0 Å². The maximum atomic E-state index is 11.5. The number of nitrogens with zero attached hydrogens (tertiary/aromatic N) is 3. The molecule has 5 heterocycles. The molecule has 2 unspecified atom stereocenters. The zero-order valence-electron chi connectivity index (χ0n) is 14.4. The summed E-state index contributed by atoms with van der Waals surface area (Å²) >= 11 is 0. The van der Waals surface area contributed by atoms with E-state index < -0.39 is 5.91 Å². The van der Waals surface area contributed by atoms with E-state index >= 15 is 0 Å². The molecule has 6 heteroatoms. The van der Waals surface area contributed by atoms with E-state index in [9.17, 15) is 4.79 Å². The van der Waals surface area contributed by atoms with Gasteiger partial charge in [0.15, 0.2) is 0 Å². The van der Waals surface area contributed by atoms with Gasteiger partial charge in [-0.15, -0.1) is 0 Å². The minimum atomic E-state index is -0.490. The van der Waals surface area contributed by atoms with Gasteiger partial charge in [0.05, 0.1) is 11.3 Å². The highest BCUT2D eigenvalue weighted by atomic mass is 16.5. The third-order valence-corrected chi connectivity index (χ3v) is 6.71. The molecule has 0 spiro atoms. The normalized spacial score (nSPS) is 33.1. The molecule has 0 aromatic carbocycles. The van der Waals surface area contributed by atoms with Crippen LogP contribution in [0.4, 0.5) is 0 Å². The van der Waals surface area contributed by atoms with E-state index in [1.54, 1.807) is 11.7 Å². The lowest BCUT2D eigenvalue weighted by atomic mass is 9.93. The molecule has 25 heavy (non-hydrogen) atoms. The van der Waals surface area contributed by atoms with Crippen molar-refractivity contribution in [3.8, 4) is 0 Å². The largest absolute Gasteiger partial charge is 0.297 e. The highest BCUT2D eigenvalue weighted by Gasteiger charge is 2.60. The fraction of sp³-hybridized carbons (Fsp3) is 0.632. The Kier molecular flexibility index (Phi) is 3.64. The molecule has 4 aliphatic heterocycles. The zero-order chi connectivity index (χ0) is 17.0. The lowest BCUT2D eigenvalue weighted by molar-refractivity contribution is -0.515. The molecule has 2 fully saturated rings. The van der Waals surface area contributed by atoms with E-state index in [1.165, 1.54) is 25.9 Å². The molecule has 5 aliphatic rings. The van der Waals surface area contributed by atoms with Crippen molar-refractivity contribution in [3.05, 3.63) is 29.1 Å². The predicted octanol–water partition coefficient (Wildman–Crippen LogP) is 0.928. The van der Waals surface area contributed by atoms with Gasteiger partial charge in [-0.05, 0) is 36.3 Å². The second kappa shape index (κ2) is 5.88. The van der Waals surface area contributed by atoms with Gasteiger partial charge in [-0.2, -0.15) is 0 Å². The van der Waals surface area contributed by atoms with E-state index in [2.05, 4.69) is 20.7 Å². The highest BCUT2D eigenvalue weighted by molar-refractivity contribution is 5.93. The highest BCUT2D eigenvalue weighted by Crippen LogP contribution is 2.54. The Hall–Kier alpha value is -1.79. The number of carbonyl (C=O) groups excluding carboxylic acids is 1. The van der Waals surface area contributed by atoms with E-state index in [0.717, 1.165) is 61.0 Å². The topological polar surface area (TPSA) is 68.5 Å². The summed E-state index contributed by atoms with van der Waals surface area (Å²) in [5, 5.41) is 8.76. The maximum absolute atomic E-state index is 11.5. The number of hydroxylamine groups is 1. The molecule has 1 saturated carbocycles. The van der Waals surface area contributed by atoms with Crippen LogP contribution >= 0.6 is 0 Å². The van der Waals surface area contributed by atoms with Gasteiger partial charge in [0.2, 0.25) is 0 Å². The third kappa shape index (κ3) is 2.77. The van der Waals surface area contributed by atoms with Gasteiger partial charge in [-0.25, -0.2) is 10.1 Å². The number of hydrogen-bond acceptors (Lipinski definition) is 4. The van der Waals surface area contributed by atoms with Crippen LogP contribution in [0.5, 0.6) is 0 Å². The Balaban J connectivity index is 1.25. The Labute approximate surface area is 147 Å². The van der Waals surface area contributed by atoms with Crippen LogP contribution in [0.15, 0.2) is 12.3 Å². The zero-order valence-corrected chi connectivity index (χ0v) is 14.4. The number of aromatic nitrogens is 1. The first kappa shape index (κ1) is 15.5. The summed E-state index contributed by atoms with van der Waals surface area (Å²) in [5.41, 5.74) is 4.32. The first-order valence-corrected chi connectivity index (χ1v) is 9.43. The van der Waals surface area contributed by atoms with E-state index in [-0.39, 0.29) is 0 Å². The summed E-state index contributed by atoms with van der Waals surface area (Å²) in [6, 6.07) is 1.87. The smallest absolute Gasteiger partial charge is 0.276 e. The molecule has 132 valence electrons. The summed E-state index contributed by atoms with van der Waals surface area (Å²) in [7, 11) is 0. The van der Waals surface area contributed by atoms with Crippen LogP contribution in [0.25, 0.3) is 0 Å². The molecular weight excluding hydrogens is 316 g/mol. The Morgan fingerprint density at radius 1 is 1.36 bits per heavy atom. The monoisotopic (exact) mass is 341 g/mol. The number of piperidine rings is 1. The van der Waals surface area contributed by atoms with Crippen LogP contribution in [0.1, 0.15) is 34.5 Å². The molecule has 1 amide bonds. The minimum Gasteiger partial charge on any atom is -0.297 e. The lowest BCUT2D eigenvalue weighted by Crippen LogP contribution is -2.36. The fourth-order valence-corrected chi connectivity index (χ4v) is 5.29. The van der Waals surface area contributed by atoms with Crippen molar-refractivity contribution in [2.45, 2.75) is 25.8 Å². The third-order valence-electron chi connectivity index (χ3n) is 6.71. The SMILES string of the molecule is O=C(NO)c1cnc2c(c1)CCN(C[C@H]1CC=[N+]3CC4C(C1)[C@H]4C3)C2. The van der Waals surface area contributed by atoms with Crippen molar-refractivity contribution in [1.82, 2.24) is 15.4 Å². The van der Waals surface area contributed by atoms with Gasteiger partial charge >= 0.3 is 0 Å². The summed E-state index contributed by atoms with van der Waals surface area (Å²) in [6.07, 6.45) is 7.55. The van der Waals surface area contributed by atoms with Crippen LogP contribution in [0, 0.1) is 23.7 Å².